The molecule has 0 bridgehead atoms. The van der Waals surface area contributed by atoms with Crippen LogP contribution in [0.2, 0.25) is 0 Å². The standard InChI is InChI=1S/C18H20N4O4/c19-17(20)15-8-6-13(7-9-15)11-22(18(25)21-10-16(23)24)26-12-14-4-2-1-3-5-14/h1-9H,10-12H2,(H3,19,20)(H,21,25)(H,23,24). The number of rotatable bonds is 8. The first-order valence-electron chi connectivity index (χ1n) is 7.83. The molecule has 8 heteroatoms. The third-order valence-electron chi connectivity index (χ3n) is 3.44. The van der Waals surface area contributed by atoms with Crippen molar-refractivity contribution in [1.82, 2.24) is 10.4 Å². The van der Waals surface area contributed by atoms with E-state index < -0.39 is 18.5 Å². The van der Waals surface area contributed by atoms with Crippen molar-refractivity contribution in [3.8, 4) is 0 Å². The zero-order valence-electron chi connectivity index (χ0n) is 14.0. The molecule has 0 atom stereocenters. The number of hydroxylamine groups is 2. The van der Waals surface area contributed by atoms with Crippen LogP contribution in [0.25, 0.3) is 0 Å². The van der Waals surface area contributed by atoms with E-state index >= 15 is 0 Å². The topological polar surface area (TPSA) is 129 Å². The molecule has 0 heterocycles. The number of amidine groups is 1. The monoisotopic (exact) mass is 356 g/mol. The summed E-state index contributed by atoms with van der Waals surface area (Å²) in [5.41, 5.74) is 7.61. The fourth-order valence-corrected chi connectivity index (χ4v) is 2.10. The maximum Gasteiger partial charge on any atom is 0.342 e. The number of carbonyl (C=O) groups is 2. The average molecular weight is 356 g/mol. The minimum Gasteiger partial charge on any atom is -0.480 e. The predicted molar refractivity (Wildman–Crippen MR) is 95.3 cm³/mol. The van der Waals surface area contributed by atoms with Gasteiger partial charge in [0.2, 0.25) is 0 Å². The van der Waals surface area contributed by atoms with Gasteiger partial charge in [-0.25, -0.2) is 4.79 Å². The Bertz CT molecular complexity index is 763. The van der Waals surface area contributed by atoms with E-state index in [0.717, 1.165) is 16.2 Å². The van der Waals surface area contributed by atoms with Crippen LogP contribution in [0.4, 0.5) is 4.79 Å². The molecule has 0 saturated heterocycles. The van der Waals surface area contributed by atoms with E-state index in [1.807, 2.05) is 30.3 Å². The number of nitrogens with two attached hydrogens (primary N) is 1. The van der Waals surface area contributed by atoms with Crippen LogP contribution in [-0.2, 0) is 22.8 Å². The van der Waals surface area contributed by atoms with Crippen molar-refractivity contribution in [1.29, 1.82) is 5.41 Å². The highest BCUT2D eigenvalue weighted by Gasteiger charge is 2.16. The molecule has 2 rings (SSSR count). The molecular formula is C18H20N4O4. The van der Waals surface area contributed by atoms with Crippen LogP contribution in [0.5, 0.6) is 0 Å². The molecule has 0 aliphatic heterocycles. The second-order valence-corrected chi connectivity index (χ2v) is 5.46. The highest BCUT2D eigenvalue weighted by atomic mass is 16.7. The molecule has 0 aliphatic rings. The van der Waals surface area contributed by atoms with E-state index in [-0.39, 0.29) is 19.0 Å². The molecule has 0 saturated carbocycles. The fourth-order valence-electron chi connectivity index (χ4n) is 2.10. The molecule has 136 valence electrons. The number of nitrogens with one attached hydrogen (secondary N) is 2. The average Bonchev–Trinajstić information content (AvgIpc) is 2.64. The molecule has 0 fully saturated rings. The number of nitrogen functional groups attached to an aromatic ring is 1. The second-order valence-electron chi connectivity index (χ2n) is 5.46. The molecule has 0 aliphatic carbocycles. The lowest BCUT2D eigenvalue weighted by molar-refractivity contribution is -0.140. The van der Waals surface area contributed by atoms with Crippen LogP contribution in [-0.4, -0.2) is 34.6 Å². The van der Waals surface area contributed by atoms with E-state index in [0.29, 0.717) is 5.56 Å². The number of carbonyl (C=O) groups excluding carboxylic acids is 1. The summed E-state index contributed by atoms with van der Waals surface area (Å²) in [7, 11) is 0. The van der Waals surface area contributed by atoms with Crippen molar-refractivity contribution in [2.45, 2.75) is 13.2 Å². The molecular weight excluding hydrogens is 336 g/mol. The number of amides is 2. The molecule has 0 aromatic heterocycles. The Morgan fingerprint density at radius 1 is 1.08 bits per heavy atom. The Balaban J connectivity index is 2.06. The molecule has 2 amide bonds. The molecule has 0 radical (unpaired) electrons. The van der Waals surface area contributed by atoms with E-state index in [1.54, 1.807) is 24.3 Å². The summed E-state index contributed by atoms with van der Waals surface area (Å²) < 4.78 is 0. The van der Waals surface area contributed by atoms with Crippen LogP contribution < -0.4 is 11.1 Å². The van der Waals surface area contributed by atoms with Crippen LogP contribution in [0.3, 0.4) is 0 Å². The van der Waals surface area contributed by atoms with Gasteiger partial charge in [-0.3, -0.25) is 15.0 Å². The number of aliphatic carboxylic acids is 1. The number of carboxylic acid groups (broad SMARTS) is 1. The van der Waals surface area contributed by atoms with Crippen molar-refractivity contribution in [3.05, 3.63) is 71.3 Å². The van der Waals surface area contributed by atoms with Crippen LogP contribution >= 0.6 is 0 Å². The molecule has 8 nitrogen and oxygen atoms in total. The van der Waals surface area contributed by atoms with Gasteiger partial charge < -0.3 is 16.2 Å². The summed E-state index contributed by atoms with van der Waals surface area (Å²) in [5, 5.41) is 19.5. The van der Waals surface area contributed by atoms with Gasteiger partial charge in [0.25, 0.3) is 0 Å². The first kappa shape index (κ1) is 18.9. The van der Waals surface area contributed by atoms with Crippen LogP contribution in [0, 0.1) is 5.41 Å². The Labute approximate surface area is 150 Å². The minimum atomic E-state index is -1.15. The first-order valence-corrected chi connectivity index (χ1v) is 7.83. The van der Waals surface area contributed by atoms with Crippen molar-refractivity contribution in [2.75, 3.05) is 6.54 Å². The summed E-state index contributed by atoms with van der Waals surface area (Å²) in [4.78, 5) is 28.4. The van der Waals surface area contributed by atoms with Crippen molar-refractivity contribution >= 4 is 17.8 Å². The van der Waals surface area contributed by atoms with E-state index in [2.05, 4.69) is 5.32 Å². The Kier molecular flexibility index (Phi) is 6.69. The van der Waals surface area contributed by atoms with Crippen molar-refractivity contribution < 1.29 is 19.5 Å². The number of hydrogen-bond donors (Lipinski definition) is 4. The maximum absolute atomic E-state index is 12.2. The minimum absolute atomic E-state index is 0.0482. The maximum atomic E-state index is 12.2. The van der Waals surface area contributed by atoms with Gasteiger partial charge in [0.1, 0.15) is 19.0 Å². The van der Waals surface area contributed by atoms with Crippen molar-refractivity contribution in [3.63, 3.8) is 0 Å². The zero-order chi connectivity index (χ0) is 18.9. The highest BCUT2D eigenvalue weighted by molar-refractivity contribution is 5.94. The third-order valence-corrected chi connectivity index (χ3v) is 3.44. The summed E-state index contributed by atoms with van der Waals surface area (Å²) in [6, 6.07) is 15.4. The highest BCUT2D eigenvalue weighted by Crippen LogP contribution is 2.10. The molecule has 2 aromatic rings. The Morgan fingerprint density at radius 2 is 1.73 bits per heavy atom. The lowest BCUT2D eigenvalue weighted by Crippen LogP contribution is -2.41. The van der Waals surface area contributed by atoms with Gasteiger partial charge in [-0.05, 0) is 11.1 Å². The first-order chi connectivity index (χ1) is 12.5. The van der Waals surface area contributed by atoms with Gasteiger partial charge in [-0.1, -0.05) is 54.6 Å². The SMILES string of the molecule is N=C(N)c1ccc(CN(OCc2ccccc2)C(=O)NCC(=O)O)cc1. The Morgan fingerprint density at radius 3 is 2.31 bits per heavy atom. The number of hydrogen-bond acceptors (Lipinski definition) is 4. The number of carboxylic acids is 1. The van der Waals surface area contributed by atoms with E-state index in [4.69, 9.17) is 21.1 Å². The molecule has 5 N–H and O–H groups in total. The second kappa shape index (κ2) is 9.19. The Hall–Kier alpha value is -3.39. The van der Waals surface area contributed by atoms with E-state index in [1.165, 1.54) is 0 Å². The number of urea groups is 1. The van der Waals surface area contributed by atoms with Crippen molar-refractivity contribution in [2.24, 2.45) is 5.73 Å². The quantitative estimate of drug-likeness (QED) is 0.325. The molecule has 2 aromatic carbocycles. The van der Waals surface area contributed by atoms with Crippen LogP contribution in [0.1, 0.15) is 16.7 Å². The third kappa shape index (κ3) is 5.91. The molecule has 26 heavy (non-hydrogen) atoms. The number of nitrogens with zero attached hydrogens (tertiary/aromatic N) is 1. The predicted octanol–water partition coefficient (Wildman–Crippen LogP) is 1.70. The number of benzene rings is 2. The van der Waals surface area contributed by atoms with Gasteiger partial charge in [0.05, 0.1) is 6.54 Å². The zero-order valence-corrected chi connectivity index (χ0v) is 14.0. The lowest BCUT2D eigenvalue weighted by atomic mass is 10.1. The van der Waals surface area contributed by atoms with Gasteiger partial charge in [0, 0.05) is 5.56 Å². The van der Waals surface area contributed by atoms with Crippen LogP contribution in [0.15, 0.2) is 54.6 Å². The summed E-state index contributed by atoms with van der Waals surface area (Å²) in [5.74, 6) is -1.19. The lowest BCUT2D eigenvalue weighted by Gasteiger charge is -2.22. The van der Waals surface area contributed by atoms with Gasteiger partial charge in [-0.2, -0.15) is 5.06 Å². The summed E-state index contributed by atoms with van der Waals surface area (Å²) in [6.07, 6.45) is 0. The van der Waals surface area contributed by atoms with Gasteiger partial charge in [-0.15, -0.1) is 0 Å². The summed E-state index contributed by atoms with van der Waals surface area (Å²) in [6.45, 7) is -0.239. The molecule has 0 unspecified atom stereocenters. The summed E-state index contributed by atoms with van der Waals surface area (Å²) >= 11 is 0. The smallest absolute Gasteiger partial charge is 0.342 e. The van der Waals surface area contributed by atoms with Gasteiger partial charge >= 0.3 is 12.0 Å². The van der Waals surface area contributed by atoms with Gasteiger partial charge in [0.15, 0.2) is 0 Å². The molecule has 0 spiro atoms. The largest absolute Gasteiger partial charge is 0.480 e. The fraction of sp³-hybridized carbons (Fsp3) is 0.167. The van der Waals surface area contributed by atoms with E-state index in [9.17, 15) is 9.59 Å². The normalized spacial score (nSPS) is 10.2.